The number of nitrogens with one attached hydrogen (secondary N) is 2. The molecule has 2 amide bonds. The molecule has 1 aliphatic carbocycles. The summed E-state index contributed by atoms with van der Waals surface area (Å²) in [6.45, 7) is 3.11. The van der Waals surface area contributed by atoms with Crippen LogP contribution in [0.2, 0.25) is 10.0 Å². The van der Waals surface area contributed by atoms with Crippen LogP contribution in [0.4, 0.5) is 13.2 Å². The third-order valence-corrected chi connectivity index (χ3v) is 9.17. The fraction of sp³-hybridized carbons (Fsp3) is 0.548. The SMILES string of the molecule is NCCC(=O)NC(Cc1ccc(Cl)cc1Cl)C(=O)N1CCN(C2(CNCc3ccccc3C(F)(F)F)CCCCC2)CC1. The van der Waals surface area contributed by atoms with Crippen LogP contribution in [0, 0.1) is 0 Å². The minimum Gasteiger partial charge on any atom is -0.344 e. The average Bonchev–Trinajstić information content (AvgIpc) is 2.98. The van der Waals surface area contributed by atoms with E-state index in [4.69, 9.17) is 28.9 Å². The second-order valence-corrected chi connectivity index (χ2v) is 12.3. The lowest BCUT2D eigenvalue weighted by atomic mass is 9.79. The predicted octanol–water partition coefficient (Wildman–Crippen LogP) is 5.03. The lowest BCUT2D eigenvalue weighted by Gasteiger charge is -2.50. The number of hydrogen-bond donors (Lipinski definition) is 3. The number of rotatable bonds is 11. The molecule has 1 saturated heterocycles. The van der Waals surface area contributed by atoms with Crippen molar-refractivity contribution in [2.75, 3.05) is 39.3 Å². The highest BCUT2D eigenvalue weighted by molar-refractivity contribution is 6.35. The van der Waals surface area contributed by atoms with Gasteiger partial charge in [-0.1, -0.05) is 66.7 Å². The number of amides is 2. The van der Waals surface area contributed by atoms with Crippen molar-refractivity contribution in [1.82, 2.24) is 20.4 Å². The fourth-order valence-corrected chi connectivity index (χ4v) is 6.81. The van der Waals surface area contributed by atoms with Gasteiger partial charge >= 0.3 is 6.18 Å². The van der Waals surface area contributed by atoms with Crippen molar-refractivity contribution in [3.8, 4) is 0 Å². The second-order valence-electron chi connectivity index (χ2n) is 11.5. The highest BCUT2D eigenvalue weighted by Crippen LogP contribution is 2.35. The van der Waals surface area contributed by atoms with Crippen LogP contribution >= 0.6 is 23.2 Å². The molecule has 2 aromatic rings. The van der Waals surface area contributed by atoms with Crippen LogP contribution in [0.5, 0.6) is 0 Å². The molecular formula is C31H40Cl2F3N5O2. The van der Waals surface area contributed by atoms with Gasteiger partial charge in [-0.2, -0.15) is 13.2 Å². The standard InChI is InChI=1S/C31H40Cl2F3N5O2/c32-24-9-8-22(26(33)19-24)18-27(39-28(42)10-13-37)29(43)40-14-16-41(17-15-40)30(11-4-1-5-12-30)21-38-20-23-6-2-3-7-25(23)31(34,35)36/h2-3,6-9,19,27,38H,1,4-5,10-18,20-21,37H2,(H,39,42). The molecule has 4 rings (SSSR count). The molecule has 4 N–H and O–H groups in total. The van der Waals surface area contributed by atoms with Gasteiger partial charge < -0.3 is 21.3 Å². The largest absolute Gasteiger partial charge is 0.416 e. The second kappa shape index (κ2) is 15.1. The van der Waals surface area contributed by atoms with Gasteiger partial charge in [-0.3, -0.25) is 14.5 Å². The van der Waals surface area contributed by atoms with Crippen LogP contribution < -0.4 is 16.4 Å². The van der Waals surface area contributed by atoms with Gasteiger partial charge in [0.05, 0.1) is 5.56 Å². The van der Waals surface area contributed by atoms with Crippen LogP contribution in [0.1, 0.15) is 55.2 Å². The highest BCUT2D eigenvalue weighted by atomic mass is 35.5. The van der Waals surface area contributed by atoms with Gasteiger partial charge in [0.25, 0.3) is 0 Å². The number of benzene rings is 2. The summed E-state index contributed by atoms with van der Waals surface area (Å²) in [4.78, 5) is 30.3. The summed E-state index contributed by atoms with van der Waals surface area (Å²) >= 11 is 12.4. The first-order valence-corrected chi connectivity index (χ1v) is 15.6. The quantitative estimate of drug-likeness (QED) is 0.320. The lowest BCUT2D eigenvalue weighted by molar-refractivity contribution is -0.139. The van der Waals surface area contributed by atoms with Crippen LogP contribution in [0.15, 0.2) is 42.5 Å². The van der Waals surface area contributed by atoms with Crippen molar-refractivity contribution < 1.29 is 22.8 Å². The number of nitrogens with two attached hydrogens (primary N) is 1. The summed E-state index contributed by atoms with van der Waals surface area (Å²) < 4.78 is 40.5. The zero-order chi connectivity index (χ0) is 31.0. The molecule has 0 aromatic heterocycles. The maximum absolute atomic E-state index is 13.7. The van der Waals surface area contributed by atoms with Gasteiger partial charge in [0, 0.05) is 74.2 Å². The minimum absolute atomic E-state index is 0.106. The fourth-order valence-electron chi connectivity index (χ4n) is 6.32. The monoisotopic (exact) mass is 641 g/mol. The average molecular weight is 643 g/mol. The van der Waals surface area contributed by atoms with Gasteiger partial charge in [-0.05, 0) is 42.2 Å². The number of hydrogen-bond acceptors (Lipinski definition) is 5. The van der Waals surface area contributed by atoms with E-state index in [9.17, 15) is 22.8 Å². The van der Waals surface area contributed by atoms with E-state index >= 15 is 0 Å². The number of halogens is 5. The van der Waals surface area contributed by atoms with Gasteiger partial charge in [0.2, 0.25) is 11.8 Å². The maximum Gasteiger partial charge on any atom is 0.416 e. The predicted molar refractivity (Wildman–Crippen MR) is 163 cm³/mol. The smallest absolute Gasteiger partial charge is 0.344 e. The van der Waals surface area contributed by atoms with Crippen LogP contribution in [0.3, 0.4) is 0 Å². The Balaban J connectivity index is 1.41. The zero-order valence-electron chi connectivity index (χ0n) is 24.2. The third kappa shape index (κ3) is 8.85. The van der Waals surface area contributed by atoms with E-state index < -0.39 is 17.8 Å². The van der Waals surface area contributed by atoms with Crippen molar-refractivity contribution >= 4 is 35.0 Å². The van der Waals surface area contributed by atoms with Crippen molar-refractivity contribution in [3.63, 3.8) is 0 Å². The molecule has 0 radical (unpaired) electrons. The molecule has 43 heavy (non-hydrogen) atoms. The molecule has 236 valence electrons. The summed E-state index contributed by atoms with van der Waals surface area (Å²) in [5.41, 5.74) is 5.70. The Bertz CT molecular complexity index is 1250. The molecule has 1 heterocycles. The maximum atomic E-state index is 13.7. The van der Waals surface area contributed by atoms with Crippen LogP contribution in [0.25, 0.3) is 0 Å². The molecule has 1 aliphatic heterocycles. The first-order valence-electron chi connectivity index (χ1n) is 14.9. The lowest BCUT2D eigenvalue weighted by Crippen LogP contribution is -2.63. The number of nitrogens with zero attached hydrogens (tertiary/aromatic N) is 2. The van der Waals surface area contributed by atoms with E-state index in [-0.39, 0.29) is 48.8 Å². The molecule has 1 saturated carbocycles. The molecule has 0 spiro atoms. The molecule has 2 aromatic carbocycles. The Hall–Kier alpha value is -2.37. The molecule has 2 aliphatic rings. The van der Waals surface area contributed by atoms with Crippen molar-refractivity contribution in [3.05, 3.63) is 69.2 Å². The Kier molecular flexibility index (Phi) is 11.8. The molecular weight excluding hydrogens is 602 g/mol. The number of carbonyl (C=O) groups excluding carboxylic acids is 2. The topological polar surface area (TPSA) is 90.7 Å². The van der Waals surface area contributed by atoms with E-state index in [0.29, 0.717) is 48.3 Å². The zero-order valence-corrected chi connectivity index (χ0v) is 25.7. The van der Waals surface area contributed by atoms with E-state index in [0.717, 1.165) is 38.2 Å². The molecule has 12 heteroatoms. The summed E-state index contributed by atoms with van der Waals surface area (Å²) in [7, 11) is 0. The molecule has 0 bridgehead atoms. The van der Waals surface area contributed by atoms with E-state index in [2.05, 4.69) is 15.5 Å². The number of piperazine rings is 1. The van der Waals surface area contributed by atoms with Crippen molar-refractivity contribution in [2.24, 2.45) is 5.73 Å². The van der Waals surface area contributed by atoms with Gasteiger partial charge in [0.1, 0.15) is 6.04 Å². The van der Waals surface area contributed by atoms with Gasteiger partial charge in [-0.25, -0.2) is 0 Å². The Morgan fingerprint density at radius 1 is 0.977 bits per heavy atom. The van der Waals surface area contributed by atoms with E-state index in [1.54, 1.807) is 29.2 Å². The summed E-state index contributed by atoms with van der Waals surface area (Å²) in [5, 5.41) is 7.09. The van der Waals surface area contributed by atoms with Gasteiger partial charge in [-0.15, -0.1) is 0 Å². The van der Waals surface area contributed by atoms with Crippen molar-refractivity contribution in [2.45, 2.75) is 69.2 Å². The van der Waals surface area contributed by atoms with Crippen LogP contribution in [-0.2, 0) is 28.7 Å². The summed E-state index contributed by atoms with van der Waals surface area (Å²) in [6, 6.07) is 9.95. The van der Waals surface area contributed by atoms with Gasteiger partial charge in [0.15, 0.2) is 0 Å². The highest BCUT2D eigenvalue weighted by Gasteiger charge is 2.40. The molecule has 1 unspecified atom stereocenters. The number of alkyl halides is 3. The first-order chi connectivity index (χ1) is 20.5. The van der Waals surface area contributed by atoms with Crippen LogP contribution in [-0.4, -0.2) is 72.5 Å². The first kappa shape index (κ1) is 33.5. The Morgan fingerprint density at radius 2 is 1.67 bits per heavy atom. The molecule has 7 nitrogen and oxygen atoms in total. The van der Waals surface area contributed by atoms with E-state index in [1.165, 1.54) is 12.1 Å². The summed E-state index contributed by atoms with van der Waals surface area (Å²) in [6.07, 6.45) is 1.06. The molecule has 1 atom stereocenters. The third-order valence-electron chi connectivity index (χ3n) is 8.58. The minimum atomic E-state index is -4.40. The normalized spacial score (nSPS) is 18.3. The Labute approximate surface area is 261 Å². The van der Waals surface area contributed by atoms with Crippen molar-refractivity contribution in [1.29, 1.82) is 0 Å². The molecule has 2 fully saturated rings. The number of carbonyl (C=O) groups is 2. The summed E-state index contributed by atoms with van der Waals surface area (Å²) in [5.74, 6) is -0.487. The Morgan fingerprint density at radius 3 is 2.33 bits per heavy atom. The van der Waals surface area contributed by atoms with E-state index in [1.807, 2.05) is 0 Å².